The minimum absolute atomic E-state index is 0.0224. The van der Waals surface area contributed by atoms with E-state index in [-0.39, 0.29) is 29.9 Å². The number of hydrogen-bond acceptors (Lipinski definition) is 10. The van der Waals surface area contributed by atoms with Crippen molar-refractivity contribution in [2.45, 2.75) is 68.8 Å². The third-order valence-corrected chi connectivity index (χ3v) is 8.66. The Bertz CT molecular complexity index is 1560. The van der Waals surface area contributed by atoms with Gasteiger partial charge in [-0.25, -0.2) is 4.98 Å². The normalized spacial score (nSPS) is 17.7. The number of aromatic nitrogens is 1. The van der Waals surface area contributed by atoms with E-state index in [1.54, 1.807) is 12.1 Å². The molecule has 2 N–H and O–H groups in total. The number of oxazole rings is 1. The Morgan fingerprint density at radius 1 is 0.894 bits per heavy atom. The van der Waals surface area contributed by atoms with E-state index in [0.717, 1.165) is 35.2 Å². The molecule has 1 aromatic heterocycles. The Hall–Kier alpha value is -4.36. The van der Waals surface area contributed by atoms with Crippen molar-refractivity contribution in [2.75, 3.05) is 12.4 Å². The summed E-state index contributed by atoms with van der Waals surface area (Å²) in [5, 5.41) is 23.3. The van der Waals surface area contributed by atoms with Gasteiger partial charge in [-0.2, -0.15) is 0 Å². The number of ether oxygens (including phenoxy) is 2. The SMILES string of the molecule is O=C(CO)CCCCCCC(=O)NC1OC(CSc2nc(-c3ccccc3)c(-c3ccccc3)o2)CC(c2ccc([N+](=O)[O-])cc2)O1. The van der Waals surface area contributed by atoms with Crippen LogP contribution in [0.25, 0.3) is 22.6 Å². The number of amides is 1. The van der Waals surface area contributed by atoms with Crippen LogP contribution < -0.4 is 5.32 Å². The highest BCUT2D eigenvalue weighted by atomic mass is 32.2. The molecule has 47 heavy (non-hydrogen) atoms. The summed E-state index contributed by atoms with van der Waals surface area (Å²) in [5.41, 5.74) is 3.29. The molecule has 11 nitrogen and oxygen atoms in total. The van der Waals surface area contributed by atoms with Crippen LogP contribution in [0.15, 0.2) is 94.6 Å². The molecular weight excluding hydrogens is 622 g/mol. The van der Waals surface area contributed by atoms with Crippen LogP contribution in [-0.4, -0.2) is 51.6 Å². The molecule has 4 aromatic rings. The number of nitrogens with one attached hydrogen (secondary N) is 1. The summed E-state index contributed by atoms with van der Waals surface area (Å²) in [4.78, 5) is 39.6. The van der Waals surface area contributed by atoms with Gasteiger partial charge in [-0.05, 0) is 30.5 Å². The molecule has 3 aromatic carbocycles. The number of nitro benzene ring substituents is 1. The van der Waals surface area contributed by atoms with Gasteiger partial charge in [0, 0.05) is 48.3 Å². The Morgan fingerprint density at radius 3 is 2.21 bits per heavy atom. The van der Waals surface area contributed by atoms with Gasteiger partial charge >= 0.3 is 0 Å². The predicted octanol–water partition coefficient (Wildman–Crippen LogP) is 6.86. The van der Waals surface area contributed by atoms with Crippen LogP contribution in [0.4, 0.5) is 5.69 Å². The second-order valence-electron chi connectivity index (χ2n) is 11.2. The van der Waals surface area contributed by atoms with Gasteiger partial charge in [0.05, 0.1) is 17.1 Å². The van der Waals surface area contributed by atoms with Crippen LogP contribution in [0.3, 0.4) is 0 Å². The van der Waals surface area contributed by atoms with Crippen LogP contribution >= 0.6 is 11.8 Å². The van der Waals surface area contributed by atoms with Gasteiger partial charge in [0.1, 0.15) is 12.3 Å². The number of non-ortho nitro benzene ring substituents is 1. The monoisotopic (exact) mass is 659 g/mol. The Labute approximate surface area is 276 Å². The predicted molar refractivity (Wildman–Crippen MR) is 176 cm³/mol. The number of benzene rings is 3. The minimum Gasteiger partial charge on any atom is -0.431 e. The van der Waals surface area contributed by atoms with Gasteiger partial charge in [0.2, 0.25) is 12.3 Å². The number of ketones is 1. The van der Waals surface area contributed by atoms with Gasteiger partial charge < -0.3 is 24.3 Å². The summed E-state index contributed by atoms with van der Waals surface area (Å²) in [6, 6.07) is 25.8. The zero-order chi connectivity index (χ0) is 33.0. The molecule has 3 unspecified atom stereocenters. The molecule has 1 fully saturated rings. The highest BCUT2D eigenvalue weighted by Crippen LogP contribution is 2.38. The van der Waals surface area contributed by atoms with Crippen molar-refractivity contribution in [1.82, 2.24) is 10.3 Å². The third kappa shape index (κ3) is 9.82. The van der Waals surface area contributed by atoms with E-state index in [4.69, 9.17) is 24.0 Å². The van der Waals surface area contributed by atoms with Crippen molar-refractivity contribution >= 4 is 29.1 Å². The number of rotatable bonds is 16. The summed E-state index contributed by atoms with van der Waals surface area (Å²) in [5.74, 6) is 0.709. The second-order valence-corrected chi connectivity index (χ2v) is 12.1. The molecule has 12 heteroatoms. The lowest BCUT2D eigenvalue weighted by Crippen LogP contribution is -2.46. The van der Waals surface area contributed by atoms with E-state index < -0.39 is 24.0 Å². The van der Waals surface area contributed by atoms with E-state index in [2.05, 4.69) is 5.32 Å². The zero-order valence-corrected chi connectivity index (χ0v) is 26.6. The number of nitro groups is 1. The van der Waals surface area contributed by atoms with Gasteiger partial charge in [-0.15, -0.1) is 0 Å². The summed E-state index contributed by atoms with van der Waals surface area (Å²) in [7, 11) is 0. The lowest BCUT2D eigenvalue weighted by Gasteiger charge is -2.35. The summed E-state index contributed by atoms with van der Waals surface area (Å²) in [6.45, 7) is -0.439. The average Bonchev–Trinajstić information content (AvgIpc) is 3.54. The molecule has 5 rings (SSSR count). The number of Topliss-reactive ketones (excluding diaryl/α,β-unsaturated/α-hetero) is 1. The summed E-state index contributed by atoms with van der Waals surface area (Å²) < 4.78 is 18.6. The molecule has 1 amide bonds. The van der Waals surface area contributed by atoms with E-state index in [0.29, 0.717) is 42.4 Å². The van der Waals surface area contributed by atoms with Crippen molar-refractivity contribution in [2.24, 2.45) is 0 Å². The van der Waals surface area contributed by atoms with Crippen molar-refractivity contribution < 1.29 is 33.5 Å². The molecule has 0 aliphatic carbocycles. The molecule has 0 saturated carbocycles. The maximum atomic E-state index is 12.8. The molecule has 1 aliphatic heterocycles. The van der Waals surface area contributed by atoms with E-state index in [1.807, 2.05) is 60.7 Å². The van der Waals surface area contributed by atoms with Crippen LogP contribution in [-0.2, 0) is 19.1 Å². The van der Waals surface area contributed by atoms with Crippen molar-refractivity contribution in [3.05, 3.63) is 101 Å². The van der Waals surface area contributed by atoms with Crippen molar-refractivity contribution in [3.63, 3.8) is 0 Å². The zero-order valence-electron chi connectivity index (χ0n) is 25.8. The van der Waals surface area contributed by atoms with Crippen LogP contribution in [0.5, 0.6) is 0 Å². The molecule has 0 spiro atoms. The molecule has 0 bridgehead atoms. The second kappa shape index (κ2) is 17.0. The van der Waals surface area contributed by atoms with E-state index in [9.17, 15) is 19.7 Å². The van der Waals surface area contributed by atoms with Gasteiger partial charge in [0.25, 0.3) is 10.9 Å². The molecule has 0 radical (unpaired) electrons. The lowest BCUT2D eigenvalue weighted by molar-refractivity contribution is -0.384. The summed E-state index contributed by atoms with van der Waals surface area (Å²) >= 11 is 1.40. The number of thioether (sulfide) groups is 1. The Morgan fingerprint density at radius 2 is 1.55 bits per heavy atom. The largest absolute Gasteiger partial charge is 0.431 e. The number of nitrogens with zero attached hydrogens (tertiary/aromatic N) is 2. The van der Waals surface area contributed by atoms with Crippen LogP contribution in [0.2, 0.25) is 0 Å². The molecule has 1 saturated heterocycles. The highest BCUT2D eigenvalue weighted by molar-refractivity contribution is 7.99. The summed E-state index contributed by atoms with van der Waals surface area (Å²) in [6.07, 6.45) is 2.06. The van der Waals surface area contributed by atoms with Gasteiger partial charge in [-0.1, -0.05) is 85.3 Å². The number of aliphatic hydroxyl groups is 1. The number of hydrogen-bond donors (Lipinski definition) is 2. The first-order chi connectivity index (χ1) is 22.9. The fourth-order valence-corrected chi connectivity index (χ4v) is 6.10. The van der Waals surface area contributed by atoms with Gasteiger partial charge in [0.15, 0.2) is 11.5 Å². The topological polar surface area (TPSA) is 154 Å². The first-order valence-electron chi connectivity index (χ1n) is 15.6. The average molecular weight is 660 g/mol. The fourth-order valence-electron chi connectivity index (χ4n) is 5.25. The quantitative estimate of drug-likeness (QED) is 0.0564. The molecular formula is C35H37N3O8S. The molecule has 2 heterocycles. The minimum atomic E-state index is -1.02. The first kappa shape index (κ1) is 34.0. The lowest BCUT2D eigenvalue weighted by atomic mass is 10.0. The Kier molecular flexibility index (Phi) is 12.3. The fraction of sp³-hybridized carbons (Fsp3) is 0.343. The van der Waals surface area contributed by atoms with E-state index in [1.165, 1.54) is 23.9 Å². The number of unbranched alkanes of at least 4 members (excludes halogenated alkanes) is 3. The maximum absolute atomic E-state index is 12.8. The third-order valence-electron chi connectivity index (χ3n) is 7.70. The van der Waals surface area contributed by atoms with Crippen molar-refractivity contribution in [3.8, 4) is 22.6 Å². The number of carbonyl (C=O) groups excluding carboxylic acids is 2. The molecule has 1 aliphatic rings. The van der Waals surface area contributed by atoms with Crippen LogP contribution in [0, 0.1) is 10.1 Å². The molecule has 3 atom stereocenters. The smallest absolute Gasteiger partial charge is 0.269 e. The highest BCUT2D eigenvalue weighted by Gasteiger charge is 2.33. The standard InChI is InChI=1S/C35H37N3O8S/c39-22-28(40)15-9-1-2-10-16-31(41)36-34-44-29(21-30(45-34)24-17-19-27(20-18-24)38(42)43)23-47-35-37-32(25-11-5-3-6-12-25)33(46-35)26-13-7-4-8-14-26/h3-8,11-14,17-20,29-30,34,39H,1-2,9-10,15-16,21-23H2,(H,36,41). The Balaban J connectivity index is 1.25. The van der Waals surface area contributed by atoms with Gasteiger partial charge in [-0.3, -0.25) is 19.7 Å². The van der Waals surface area contributed by atoms with Crippen molar-refractivity contribution in [1.29, 1.82) is 0 Å². The van der Waals surface area contributed by atoms with E-state index >= 15 is 0 Å². The molecule has 246 valence electrons. The first-order valence-corrected chi connectivity index (χ1v) is 16.6. The van der Waals surface area contributed by atoms with Crippen LogP contribution in [0.1, 0.15) is 56.6 Å². The number of aliphatic hydroxyl groups excluding tert-OH is 1. The maximum Gasteiger partial charge on any atom is 0.269 e. The number of carbonyl (C=O) groups is 2.